The van der Waals surface area contributed by atoms with Gasteiger partial charge in [-0.2, -0.15) is 0 Å². The fourth-order valence-corrected chi connectivity index (χ4v) is 2.52. The van der Waals surface area contributed by atoms with Crippen LogP contribution in [0.4, 0.5) is 11.4 Å². The van der Waals surface area contributed by atoms with Crippen LogP contribution in [0.3, 0.4) is 0 Å². The second-order valence-corrected chi connectivity index (χ2v) is 5.11. The molecule has 0 unspecified atom stereocenters. The molecule has 1 heterocycles. The molecule has 0 atom stereocenters. The van der Waals surface area contributed by atoms with Crippen molar-refractivity contribution in [1.29, 1.82) is 0 Å². The zero-order valence-corrected chi connectivity index (χ0v) is 12.4. The summed E-state index contributed by atoms with van der Waals surface area (Å²) in [5.74, 6) is 0. The van der Waals surface area contributed by atoms with E-state index in [1.54, 1.807) is 43.0 Å². The monoisotopic (exact) mass is 324 g/mol. The van der Waals surface area contributed by atoms with E-state index in [-0.39, 0.29) is 17.4 Å². The Morgan fingerprint density at radius 2 is 1.29 bits per heavy atom. The Kier molecular flexibility index (Phi) is 4.02. The van der Waals surface area contributed by atoms with Gasteiger partial charge in [-0.25, -0.2) is 4.98 Å². The van der Waals surface area contributed by atoms with Gasteiger partial charge < -0.3 is 4.57 Å². The fraction of sp³-hybridized carbons (Fsp3) is 0.0625. The minimum Gasteiger partial charge on any atom is -0.326 e. The van der Waals surface area contributed by atoms with Crippen molar-refractivity contribution in [3.05, 3.63) is 98.6 Å². The Morgan fingerprint density at radius 1 is 0.833 bits per heavy atom. The van der Waals surface area contributed by atoms with Crippen molar-refractivity contribution < 1.29 is 9.85 Å². The number of rotatable bonds is 5. The molecule has 3 aromatic rings. The summed E-state index contributed by atoms with van der Waals surface area (Å²) in [4.78, 5) is 24.7. The molecular weight excluding hydrogens is 312 g/mol. The van der Waals surface area contributed by atoms with Gasteiger partial charge in [0, 0.05) is 36.7 Å². The van der Waals surface area contributed by atoms with E-state index in [9.17, 15) is 20.2 Å². The van der Waals surface area contributed by atoms with Gasteiger partial charge in [0.25, 0.3) is 11.4 Å². The maximum atomic E-state index is 10.8. The standard InChI is InChI=1S/C16H12N4O4/c21-19(22)14-5-1-12(2-6-14)16(18-10-9-17-11-18)13-3-7-15(8-4-13)20(23)24/h1-11,16H. The van der Waals surface area contributed by atoms with Gasteiger partial charge in [0.05, 0.1) is 22.2 Å². The number of non-ortho nitro benzene ring substituents is 2. The maximum absolute atomic E-state index is 10.8. The number of hydrogen-bond donors (Lipinski definition) is 0. The van der Waals surface area contributed by atoms with Gasteiger partial charge in [0.2, 0.25) is 0 Å². The van der Waals surface area contributed by atoms with Crippen molar-refractivity contribution in [3.8, 4) is 0 Å². The van der Waals surface area contributed by atoms with Crippen LogP contribution in [-0.2, 0) is 0 Å². The van der Waals surface area contributed by atoms with Crippen LogP contribution in [-0.4, -0.2) is 19.4 Å². The summed E-state index contributed by atoms with van der Waals surface area (Å²) in [6, 6.07) is 12.1. The predicted molar refractivity (Wildman–Crippen MR) is 85.7 cm³/mol. The average Bonchev–Trinajstić information content (AvgIpc) is 3.10. The number of benzene rings is 2. The number of nitro groups is 2. The molecule has 0 aliphatic carbocycles. The molecule has 0 aliphatic rings. The number of aromatic nitrogens is 2. The molecule has 8 nitrogen and oxygen atoms in total. The van der Waals surface area contributed by atoms with Crippen molar-refractivity contribution in [2.45, 2.75) is 6.04 Å². The zero-order valence-electron chi connectivity index (χ0n) is 12.4. The van der Waals surface area contributed by atoms with E-state index in [0.29, 0.717) is 0 Å². The minimum absolute atomic E-state index is 0.00632. The summed E-state index contributed by atoms with van der Waals surface area (Å²) in [5, 5.41) is 21.6. The number of nitro benzene ring substituents is 2. The first-order valence-electron chi connectivity index (χ1n) is 7.02. The van der Waals surface area contributed by atoms with Crippen molar-refractivity contribution in [1.82, 2.24) is 9.55 Å². The van der Waals surface area contributed by atoms with E-state index in [1.807, 2.05) is 4.57 Å². The Hall–Kier alpha value is -3.55. The molecule has 0 spiro atoms. The first-order valence-corrected chi connectivity index (χ1v) is 7.02. The average molecular weight is 324 g/mol. The maximum Gasteiger partial charge on any atom is 0.269 e. The number of nitrogens with zero attached hydrogens (tertiary/aromatic N) is 4. The second-order valence-electron chi connectivity index (χ2n) is 5.11. The first-order chi connectivity index (χ1) is 11.6. The van der Waals surface area contributed by atoms with Crippen LogP contribution in [0.5, 0.6) is 0 Å². The first kappa shape index (κ1) is 15.3. The van der Waals surface area contributed by atoms with Crippen molar-refractivity contribution in [2.24, 2.45) is 0 Å². The van der Waals surface area contributed by atoms with Gasteiger partial charge in [0.15, 0.2) is 0 Å². The van der Waals surface area contributed by atoms with E-state index in [1.165, 1.54) is 24.3 Å². The highest BCUT2D eigenvalue weighted by Crippen LogP contribution is 2.29. The number of imidazole rings is 1. The Morgan fingerprint density at radius 3 is 1.62 bits per heavy atom. The summed E-state index contributed by atoms with van der Waals surface area (Å²) in [7, 11) is 0. The third-order valence-corrected chi connectivity index (χ3v) is 3.66. The lowest BCUT2D eigenvalue weighted by Crippen LogP contribution is -2.10. The lowest BCUT2D eigenvalue weighted by Gasteiger charge is -2.19. The second kappa shape index (κ2) is 6.29. The topological polar surface area (TPSA) is 104 Å². The van der Waals surface area contributed by atoms with Crippen LogP contribution in [0.2, 0.25) is 0 Å². The molecule has 24 heavy (non-hydrogen) atoms. The van der Waals surface area contributed by atoms with Crippen molar-refractivity contribution >= 4 is 11.4 Å². The van der Waals surface area contributed by atoms with E-state index >= 15 is 0 Å². The molecule has 3 rings (SSSR count). The minimum atomic E-state index is -0.456. The van der Waals surface area contributed by atoms with Crippen LogP contribution in [0.15, 0.2) is 67.3 Å². The molecular formula is C16H12N4O4. The van der Waals surface area contributed by atoms with Gasteiger partial charge in [-0.05, 0) is 35.4 Å². The highest BCUT2D eigenvalue weighted by Gasteiger charge is 2.18. The largest absolute Gasteiger partial charge is 0.326 e. The molecule has 0 bridgehead atoms. The van der Waals surface area contributed by atoms with E-state index in [4.69, 9.17) is 0 Å². The molecule has 2 aromatic carbocycles. The summed E-state index contributed by atoms with van der Waals surface area (Å²) < 4.78 is 1.84. The molecule has 0 fully saturated rings. The molecule has 0 saturated carbocycles. The molecule has 8 heteroatoms. The smallest absolute Gasteiger partial charge is 0.269 e. The lowest BCUT2D eigenvalue weighted by molar-refractivity contribution is -0.385. The van der Waals surface area contributed by atoms with E-state index in [2.05, 4.69) is 4.98 Å². The van der Waals surface area contributed by atoms with Crippen LogP contribution >= 0.6 is 0 Å². The van der Waals surface area contributed by atoms with E-state index in [0.717, 1.165) is 11.1 Å². The highest BCUT2D eigenvalue weighted by atomic mass is 16.6. The summed E-state index contributed by atoms with van der Waals surface area (Å²) in [6.07, 6.45) is 5.03. The summed E-state index contributed by atoms with van der Waals surface area (Å²) in [5.41, 5.74) is 1.64. The van der Waals surface area contributed by atoms with Gasteiger partial charge in [-0.15, -0.1) is 0 Å². The SMILES string of the molecule is O=[N+]([O-])c1ccc(C(c2ccc([N+](=O)[O-])cc2)n2ccnc2)cc1. The lowest BCUT2D eigenvalue weighted by atomic mass is 9.98. The number of hydrogen-bond acceptors (Lipinski definition) is 5. The van der Waals surface area contributed by atoms with Gasteiger partial charge in [0.1, 0.15) is 0 Å². The molecule has 0 amide bonds. The van der Waals surface area contributed by atoms with Crippen LogP contribution in [0.1, 0.15) is 17.2 Å². The normalized spacial score (nSPS) is 10.7. The van der Waals surface area contributed by atoms with Gasteiger partial charge in [-0.3, -0.25) is 20.2 Å². The van der Waals surface area contributed by atoms with Crippen LogP contribution < -0.4 is 0 Å². The third kappa shape index (κ3) is 2.98. The van der Waals surface area contributed by atoms with E-state index < -0.39 is 9.85 Å². The van der Waals surface area contributed by atoms with Gasteiger partial charge in [-0.1, -0.05) is 0 Å². The fourth-order valence-electron chi connectivity index (χ4n) is 2.52. The Bertz CT molecular complexity index is 801. The quantitative estimate of drug-likeness (QED) is 0.529. The van der Waals surface area contributed by atoms with Gasteiger partial charge >= 0.3 is 0 Å². The predicted octanol–water partition coefficient (Wildman–Crippen LogP) is 3.34. The molecule has 0 radical (unpaired) electrons. The third-order valence-electron chi connectivity index (χ3n) is 3.66. The summed E-state index contributed by atoms with van der Waals surface area (Å²) in [6.45, 7) is 0. The molecule has 120 valence electrons. The zero-order chi connectivity index (χ0) is 17.1. The molecule has 1 aromatic heterocycles. The summed E-state index contributed by atoms with van der Waals surface area (Å²) >= 11 is 0. The molecule has 0 aliphatic heterocycles. The van der Waals surface area contributed by atoms with Crippen molar-refractivity contribution in [3.63, 3.8) is 0 Å². The Labute approximate surface area is 136 Å². The molecule has 0 N–H and O–H groups in total. The van der Waals surface area contributed by atoms with Crippen LogP contribution in [0.25, 0.3) is 0 Å². The van der Waals surface area contributed by atoms with Crippen LogP contribution in [0, 0.1) is 20.2 Å². The highest BCUT2D eigenvalue weighted by molar-refractivity contribution is 5.41. The Balaban J connectivity index is 2.04. The van der Waals surface area contributed by atoms with Crippen molar-refractivity contribution in [2.75, 3.05) is 0 Å². The molecule has 0 saturated heterocycles.